The van der Waals surface area contributed by atoms with Gasteiger partial charge in [-0.2, -0.15) is 0 Å². The molecule has 0 aromatic heterocycles. The molecule has 0 saturated heterocycles. The van der Waals surface area contributed by atoms with Crippen molar-refractivity contribution in [3.8, 4) is 0 Å². The second-order valence-corrected chi connectivity index (χ2v) is 5.64. The van der Waals surface area contributed by atoms with Crippen molar-refractivity contribution in [3.63, 3.8) is 0 Å². The first kappa shape index (κ1) is 17.9. The van der Waals surface area contributed by atoms with Crippen molar-refractivity contribution in [2.75, 3.05) is 5.32 Å². The smallest absolute Gasteiger partial charge is 0.338 e. The maximum atomic E-state index is 13.2. The van der Waals surface area contributed by atoms with E-state index in [4.69, 9.17) is 16.3 Å². The highest BCUT2D eigenvalue weighted by Gasteiger charge is 2.15. The van der Waals surface area contributed by atoms with E-state index in [9.17, 15) is 18.4 Å². The molecule has 0 saturated carbocycles. The van der Waals surface area contributed by atoms with Crippen molar-refractivity contribution in [2.45, 2.75) is 20.0 Å². The zero-order chi connectivity index (χ0) is 17.9. The van der Waals surface area contributed by atoms with Crippen LogP contribution < -0.4 is 5.32 Å². The normalized spacial score (nSPS) is 10.6. The molecule has 0 fully saturated rings. The van der Waals surface area contributed by atoms with Gasteiger partial charge in [0.25, 0.3) is 5.91 Å². The first-order valence-corrected chi connectivity index (χ1v) is 7.42. The Morgan fingerprint density at radius 1 is 1.08 bits per heavy atom. The topological polar surface area (TPSA) is 55.4 Å². The minimum absolute atomic E-state index is 0.195. The summed E-state index contributed by atoms with van der Waals surface area (Å²) < 4.78 is 31.3. The fourth-order valence-corrected chi connectivity index (χ4v) is 2.10. The quantitative estimate of drug-likeness (QED) is 0.653. The van der Waals surface area contributed by atoms with Crippen LogP contribution in [0.3, 0.4) is 0 Å². The Bertz CT molecular complexity index is 776. The van der Waals surface area contributed by atoms with Gasteiger partial charge in [0.2, 0.25) is 0 Å². The molecule has 0 aliphatic rings. The van der Waals surface area contributed by atoms with Crippen molar-refractivity contribution in [1.29, 1.82) is 0 Å². The molecule has 0 spiro atoms. The van der Waals surface area contributed by atoms with Gasteiger partial charge < -0.3 is 10.1 Å². The second-order valence-electron chi connectivity index (χ2n) is 5.23. The van der Waals surface area contributed by atoms with Gasteiger partial charge in [0.1, 0.15) is 0 Å². The maximum Gasteiger partial charge on any atom is 0.338 e. The van der Waals surface area contributed by atoms with Crippen LogP contribution in [0.15, 0.2) is 36.4 Å². The fraction of sp³-hybridized carbons (Fsp3) is 0.176. The molecule has 2 rings (SSSR count). The number of rotatable bonds is 4. The second kappa shape index (κ2) is 7.40. The summed E-state index contributed by atoms with van der Waals surface area (Å²) in [6, 6.07) is 7.39. The van der Waals surface area contributed by atoms with Crippen molar-refractivity contribution in [2.24, 2.45) is 0 Å². The van der Waals surface area contributed by atoms with Crippen LogP contribution in [0.4, 0.5) is 14.5 Å². The standard InChI is InChI=1S/C17H14ClF2NO3/c1-9(2)24-17(23)10-3-5-11(6-4-10)21-16(22)12-7-14(19)15(20)8-13(12)18/h3-9H,1-2H3,(H,21,22). The van der Waals surface area contributed by atoms with Crippen LogP contribution in [0.2, 0.25) is 5.02 Å². The van der Waals surface area contributed by atoms with Crippen LogP contribution in [0.5, 0.6) is 0 Å². The van der Waals surface area contributed by atoms with Gasteiger partial charge in [0.15, 0.2) is 11.6 Å². The number of nitrogens with one attached hydrogen (secondary N) is 1. The molecule has 0 radical (unpaired) electrons. The molecule has 4 nitrogen and oxygen atoms in total. The van der Waals surface area contributed by atoms with Crippen LogP contribution >= 0.6 is 11.6 Å². The van der Waals surface area contributed by atoms with Crippen LogP contribution in [-0.4, -0.2) is 18.0 Å². The number of amides is 1. The van der Waals surface area contributed by atoms with Crippen LogP contribution in [-0.2, 0) is 4.74 Å². The molecular formula is C17H14ClF2NO3. The van der Waals surface area contributed by atoms with E-state index in [1.54, 1.807) is 13.8 Å². The minimum atomic E-state index is -1.17. The number of anilines is 1. The van der Waals surface area contributed by atoms with Crippen molar-refractivity contribution in [3.05, 3.63) is 64.2 Å². The number of hydrogen-bond donors (Lipinski definition) is 1. The third-order valence-electron chi connectivity index (χ3n) is 2.98. The van der Waals surface area contributed by atoms with Gasteiger partial charge in [0, 0.05) is 5.69 Å². The maximum absolute atomic E-state index is 13.2. The Morgan fingerprint density at radius 2 is 1.67 bits per heavy atom. The summed E-state index contributed by atoms with van der Waals surface area (Å²) in [7, 11) is 0. The Kier molecular flexibility index (Phi) is 5.51. The Labute approximate surface area is 142 Å². The summed E-state index contributed by atoms with van der Waals surface area (Å²) in [5.41, 5.74) is 0.494. The minimum Gasteiger partial charge on any atom is -0.459 e. The summed E-state index contributed by atoms with van der Waals surface area (Å²) in [6.45, 7) is 3.47. The number of carbonyl (C=O) groups excluding carboxylic acids is 2. The number of hydrogen-bond acceptors (Lipinski definition) is 3. The van der Waals surface area contributed by atoms with E-state index in [-0.39, 0.29) is 16.7 Å². The van der Waals surface area contributed by atoms with E-state index >= 15 is 0 Å². The first-order chi connectivity index (χ1) is 11.3. The number of esters is 1. The fourth-order valence-electron chi connectivity index (χ4n) is 1.87. The molecule has 0 unspecified atom stereocenters. The average Bonchev–Trinajstić information content (AvgIpc) is 2.50. The number of benzene rings is 2. The summed E-state index contributed by atoms with van der Waals surface area (Å²) >= 11 is 5.75. The van der Waals surface area contributed by atoms with E-state index in [0.717, 1.165) is 12.1 Å². The highest BCUT2D eigenvalue weighted by Crippen LogP contribution is 2.21. The van der Waals surface area contributed by atoms with Crippen LogP contribution in [0.1, 0.15) is 34.6 Å². The lowest BCUT2D eigenvalue weighted by atomic mass is 10.1. The molecule has 2 aromatic carbocycles. The third-order valence-corrected chi connectivity index (χ3v) is 3.29. The zero-order valence-corrected chi connectivity index (χ0v) is 13.7. The van der Waals surface area contributed by atoms with Crippen molar-refractivity contribution >= 4 is 29.2 Å². The monoisotopic (exact) mass is 353 g/mol. The molecule has 1 N–H and O–H groups in total. The first-order valence-electron chi connectivity index (χ1n) is 7.05. The SMILES string of the molecule is CC(C)OC(=O)c1ccc(NC(=O)c2cc(F)c(F)cc2Cl)cc1. The lowest BCUT2D eigenvalue weighted by Gasteiger charge is -2.10. The number of carbonyl (C=O) groups is 2. The Balaban J connectivity index is 2.13. The average molecular weight is 354 g/mol. The predicted molar refractivity (Wildman–Crippen MR) is 86.3 cm³/mol. The molecule has 0 bridgehead atoms. The largest absolute Gasteiger partial charge is 0.459 e. The molecule has 0 heterocycles. The highest BCUT2D eigenvalue weighted by molar-refractivity contribution is 6.34. The van der Waals surface area contributed by atoms with E-state index in [1.165, 1.54) is 24.3 Å². The van der Waals surface area contributed by atoms with E-state index in [2.05, 4.69) is 5.32 Å². The molecule has 1 amide bonds. The van der Waals surface area contributed by atoms with Gasteiger partial charge in [-0.15, -0.1) is 0 Å². The molecule has 0 aliphatic heterocycles. The Hall–Kier alpha value is -2.47. The van der Waals surface area contributed by atoms with E-state index < -0.39 is 23.5 Å². The molecular weight excluding hydrogens is 340 g/mol. The summed E-state index contributed by atoms with van der Waals surface area (Å²) in [5, 5.41) is 2.28. The Morgan fingerprint density at radius 3 is 2.25 bits per heavy atom. The van der Waals surface area contributed by atoms with Gasteiger partial charge in [0.05, 0.1) is 22.3 Å². The van der Waals surface area contributed by atoms with Gasteiger partial charge in [-0.05, 0) is 50.2 Å². The van der Waals surface area contributed by atoms with Crippen molar-refractivity contribution in [1.82, 2.24) is 0 Å². The lowest BCUT2D eigenvalue weighted by Crippen LogP contribution is -2.14. The third kappa shape index (κ3) is 4.29. The van der Waals surface area contributed by atoms with Gasteiger partial charge in [-0.1, -0.05) is 11.6 Å². The summed E-state index contributed by atoms with van der Waals surface area (Å²) in [4.78, 5) is 23.8. The number of ether oxygens (including phenoxy) is 1. The molecule has 24 heavy (non-hydrogen) atoms. The lowest BCUT2D eigenvalue weighted by molar-refractivity contribution is 0.0378. The summed E-state index contributed by atoms with van der Waals surface area (Å²) in [6.07, 6.45) is -0.243. The molecule has 0 aliphatic carbocycles. The van der Waals surface area contributed by atoms with Crippen molar-refractivity contribution < 1.29 is 23.1 Å². The van der Waals surface area contributed by atoms with Crippen LogP contribution in [0, 0.1) is 11.6 Å². The van der Waals surface area contributed by atoms with E-state index in [0.29, 0.717) is 11.3 Å². The van der Waals surface area contributed by atoms with Gasteiger partial charge >= 0.3 is 5.97 Å². The van der Waals surface area contributed by atoms with Gasteiger partial charge in [-0.25, -0.2) is 13.6 Å². The summed E-state index contributed by atoms with van der Waals surface area (Å²) in [5.74, 6) is -3.48. The van der Waals surface area contributed by atoms with E-state index in [1.807, 2.05) is 0 Å². The zero-order valence-electron chi connectivity index (χ0n) is 12.9. The molecule has 2 aromatic rings. The molecule has 7 heteroatoms. The van der Waals surface area contributed by atoms with Gasteiger partial charge in [-0.3, -0.25) is 4.79 Å². The number of halogens is 3. The predicted octanol–water partition coefficient (Wildman–Crippen LogP) is 4.44. The molecule has 0 atom stereocenters. The molecule has 126 valence electrons. The van der Waals surface area contributed by atoms with Crippen LogP contribution in [0.25, 0.3) is 0 Å². The highest BCUT2D eigenvalue weighted by atomic mass is 35.5.